The molecule has 5 heteroatoms. The van der Waals surface area contributed by atoms with Gasteiger partial charge in [0.05, 0.1) is 18.0 Å². The molecule has 3 heterocycles. The number of hydrogen-bond acceptors (Lipinski definition) is 3. The minimum absolute atomic E-state index is 0. The molecule has 0 spiro atoms. The second-order valence-electron chi connectivity index (χ2n) is 15.7. The first kappa shape index (κ1) is 36.5. The molecule has 6 aromatic carbocycles. The van der Waals surface area contributed by atoms with E-state index in [1.54, 1.807) is 0 Å². The first-order chi connectivity index (χ1) is 26.2. The summed E-state index contributed by atoms with van der Waals surface area (Å²) in [6.45, 7) is 12.0. The summed E-state index contributed by atoms with van der Waals surface area (Å²) in [5.74, 6) is 1.28. The first-order valence-electron chi connectivity index (χ1n) is 19.0. The van der Waals surface area contributed by atoms with Crippen LogP contribution in [0.4, 0.5) is 17.1 Å². The van der Waals surface area contributed by atoms with Crippen LogP contribution in [0, 0.1) is 12.1 Å². The number of hydrogen-bond donors (Lipinski definition) is 0. The average Bonchev–Trinajstić information content (AvgIpc) is 3.76. The molecule has 0 radical (unpaired) electrons. The molecule has 0 saturated heterocycles. The Hall–Kier alpha value is -5.44. The number of para-hydroxylation sites is 3. The summed E-state index contributed by atoms with van der Waals surface area (Å²) in [6, 6.07) is 62.8. The van der Waals surface area contributed by atoms with Crippen LogP contribution in [-0.4, -0.2) is 21.8 Å². The molecule has 8 aromatic rings. The van der Waals surface area contributed by atoms with Crippen molar-refractivity contribution in [2.75, 3.05) is 16.5 Å². The molecule has 0 fully saturated rings. The number of fused-ring (bicyclic) bond motifs is 4. The van der Waals surface area contributed by atoms with E-state index in [-0.39, 0.29) is 26.6 Å². The fraction of sp³-hybridized carbons (Fsp3) is 0.180. The van der Waals surface area contributed by atoms with Gasteiger partial charge >= 0.3 is 21.1 Å². The van der Waals surface area contributed by atoms with Gasteiger partial charge in [0, 0.05) is 22.7 Å². The van der Waals surface area contributed by atoms with Gasteiger partial charge in [-0.15, -0.1) is 22.6 Å². The monoisotopic (exact) mass is 895 g/mol. The fourth-order valence-corrected chi connectivity index (χ4v) is 8.40. The Morgan fingerprint density at radius 1 is 0.618 bits per heavy atom. The minimum atomic E-state index is -0.746. The Morgan fingerprint density at radius 2 is 1.25 bits per heavy atom. The number of aromatic nitrogens is 2. The van der Waals surface area contributed by atoms with Crippen molar-refractivity contribution in [3.8, 4) is 5.82 Å². The van der Waals surface area contributed by atoms with E-state index >= 15 is 0 Å². The number of rotatable bonds is 7. The van der Waals surface area contributed by atoms with Gasteiger partial charge in [0.15, 0.2) is 0 Å². The smallest absolute Gasteiger partial charge is 0.347 e. The molecule has 0 saturated carbocycles. The van der Waals surface area contributed by atoms with Crippen molar-refractivity contribution in [1.82, 2.24) is 9.55 Å². The van der Waals surface area contributed by atoms with E-state index in [1.165, 1.54) is 22.3 Å². The Labute approximate surface area is 339 Å². The van der Waals surface area contributed by atoms with E-state index in [9.17, 15) is 0 Å². The summed E-state index contributed by atoms with van der Waals surface area (Å²) in [5, 5.41) is 2.33. The van der Waals surface area contributed by atoms with E-state index < -0.39 is 5.41 Å². The predicted molar refractivity (Wildman–Crippen MR) is 224 cm³/mol. The second kappa shape index (κ2) is 14.3. The maximum absolute atomic E-state index is 4.96. The molecule has 0 amide bonds. The average molecular weight is 896 g/mol. The zero-order chi connectivity index (χ0) is 37.0. The maximum Gasteiger partial charge on any atom is 2.00 e. The van der Waals surface area contributed by atoms with E-state index in [0.29, 0.717) is 5.92 Å². The van der Waals surface area contributed by atoms with E-state index in [2.05, 4.69) is 213 Å². The van der Waals surface area contributed by atoms with Crippen LogP contribution >= 0.6 is 0 Å². The molecule has 1 aliphatic heterocycles. The van der Waals surface area contributed by atoms with Crippen molar-refractivity contribution in [2.45, 2.75) is 51.5 Å². The summed E-state index contributed by atoms with van der Waals surface area (Å²) in [6.07, 6.45) is 1.94. The molecule has 1 aliphatic rings. The maximum atomic E-state index is 4.96. The van der Waals surface area contributed by atoms with Crippen molar-refractivity contribution < 1.29 is 21.1 Å². The Balaban J connectivity index is 0.00000427. The zero-order valence-electron chi connectivity index (χ0n) is 31.9. The van der Waals surface area contributed by atoms with Gasteiger partial charge in [0.2, 0.25) is 0 Å². The Morgan fingerprint density at radius 3 is 1.95 bits per heavy atom. The second-order valence-corrected chi connectivity index (χ2v) is 15.7. The van der Waals surface area contributed by atoms with Crippen LogP contribution in [0.1, 0.15) is 68.4 Å². The van der Waals surface area contributed by atoms with Gasteiger partial charge < -0.3 is 14.4 Å². The molecule has 55 heavy (non-hydrogen) atoms. The topological polar surface area (TPSA) is 24.3 Å². The molecule has 9 rings (SSSR count). The van der Waals surface area contributed by atoms with Crippen LogP contribution in [-0.2, 0) is 26.5 Å². The largest absolute Gasteiger partial charge is 2.00 e. The quantitative estimate of drug-likeness (QED) is 0.118. The molecule has 4 nitrogen and oxygen atoms in total. The molecule has 0 bridgehead atoms. The molecule has 0 aliphatic carbocycles. The van der Waals surface area contributed by atoms with Crippen LogP contribution in [0.15, 0.2) is 158 Å². The van der Waals surface area contributed by atoms with Crippen molar-refractivity contribution in [3.63, 3.8) is 0 Å². The van der Waals surface area contributed by atoms with Crippen LogP contribution in [0.25, 0.3) is 27.6 Å². The number of pyridine rings is 1. The van der Waals surface area contributed by atoms with Gasteiger partial charge in [0.25, 0.3) is 0 Å². The van der Waals surface area contributed by atoms with Gasteiger partial charge in [-0.25, -0.2) is 4.98 Å². The van der Waals surface area contributed by atoms with Crippen LogP contribution < -0.4 is 9.80 Å². The van der Waals surface area contributed by atoms with Crippen LogP contribution in [0.5, 0.6) is 0 Å². The molecule has 0 atom stereocenters. The zero-order valence-corrected chi connectivity index (χ0v) is 34.2. The van der Waals surface area contributed by atoms with Gasteiger partial charge in [-0.05, 0) is 79.1 Å². The standard InChI is InChI=1S/C50H44N4.Pt/c1-35(2)36-29-30-51-48(31-36)54-44-24-13-12-23-42(44)43-28-27-40(33-47(43)54)50(37-17-8-6-9-18-37,38-19-10-7-11-20-38)39-21-16-22-41(32-39)52-34-53(49(3,4)5)46-26-15-14-25-45(46)52;/h6-31,35H,34H2,1-5H3;/q-2;+2. The third kappa shape index (κ3) is 6.08. The minimum Gasteiger partial charge on any atom is -0.347 e. The van der Waals surface area contributed by atoms with Crippen LogP contribution in [0.3, 0.4) is 0 Å². The normalized spacial score (nSPS) is 13.1. The third-order valence-electron chi connectivity index (χ3n) is 11.1. The molecule has 2 aromatic heterocycles. The molecule has 0 unspecified atom stereocenters. The van der Waals surface area contributed by atoms with Crippen molar-refractivity contribution in [2.24, 2.45) is 0 Å². The van der Waals surface area contributed by atoms with Gasteiger partial charge in [-0.1, -0.05) is 116 Å². The first-order valence-corrected chi connectivity index (χ1v) is 19.0. The van der Waals surface area contributed by atoms with E-state index in [4.69, 9.17) is 4.98 Å². The SMILES string of the molecule is CC(C)c1ccnc(-n2c3[c-]c(C(c4[c-]c(N5CN(C(C)(C)C)c6ccccc65)ccc4)(c4ccccc4)c4ccccc4)ccc3c3ccccc32)c1.[Pt+2]. The van der Waals surface area contributed by atoms with Crippen molar-refractivity contribution in [3.05, 3.63) is 198 Å². The summed E-state index contributed by atoms with van der Waals surface area (Å²) in [4.78, 5) is 9.84. The van der Waals surface area contributed by atoms with E-state index in [0.717, 1.165) is 56.8 Å². The van der Waals surface area contributed by atoms with Crippen molar-refractivity contribution in [1.29, 1.82) is 0 Å². The Bertz CT molecular complexity index is 2580. The molecule has 274 valence electrons. The van der Waals surface area contributed by atoms with Gasteiger partial charge in [-0.2, -0.15) is 36.4 Å². The summed E-state index contributed by atoms with van der Waals surface area (Å²) >= 11 is 0. The number of nitrogens with zero attached hydrogens (tertiary/aromatic N) is 4. The van der Waals surface area contributed by atoms with E-state index in [1.807, 2.05) is 6.20 Å². The fourth-order valence-electron chi connectivity index (χ4n) is 8.40. The number of anilines is 3. The molecular weight excluding hydrogens is 852 g/mol. The van der Waals surface area contributed by atoms with Gasteiger partial charge in [0.1, 0.15) is 5.82 Å². The third-order valence-corrected chi connectivity index (χ3v) is 11.1. The predicted octanol–water partition coefficient (Wildman–Crippen LogP) is 12.0. The Kier molecular flexibility index (Phi) is 9.52. The molecular formula is C50H44N4Pt. The van der Waals surface area contributed by atoms with Crippen LogP contribution in [0.2, 0.25) is 0 Å². The number of benzene rings is 6. The summed E-state index contributed by atoms with van der Waals surface area (Å²) < 4.78 is 2.29. The summed E-state index contributed by atoms with van der Waals surface area (Å²) in [5.41, 5.74) is 10.5. The van der Waals surface area contributed by atoms with Crippen molar-refractivity contribution >= 4 is 38.9 Å². The summed E-state index contributed by atoms with van der Waals surface area (Å²) in [7, 11) is 0. The molecule has 0 N–H and O–H groups in total. The van der Waals surface area contributed by atoms with Gasteiger partial charge in [-0.3, -0.25) is 0 Å².